The Morgan fingerprint density at radius 3 is 2.50 bits per heavy atom. The quantitative estimate of drug-likeness (QED) is 0.831. The van der Waals surface area contributed by atoms with Gasteiger partial charge in [-0.3, -0.25) is 9.59 Å². The van der Waals surface area contributed by atoms with E-state index < -0.39 is 12.0 Å². The van der Waals surface area contributed by atoms with Gasteiger partial charge in [0.1, 0.15) is 6.04 Å². The number of carboxylic acids is 1. The molecular weight excluding hydrogens is 332 g/mol. The predicted molar refractivity (Wildman–Crippen MR) is 95.5 cm³/mol. The first-order valence-corrected chi connectivity index (χ1v) is 8.48. The molecule has 2 amide bonds. The first kappa shape index (κ1) is 17.7. The molecule has 1 saturated heterocycles. The van der Waals surface area contributed by atoms with Gasteiger partial charge in [-0.2, -0.15) is 0 Å². The molecule has 2 N–H and O–H groups in total. The van der Waals surface area contributed by atoms with Gasteiger partial charge in [0, 0.05) is 13.1 Å². The van der Waals surface area contributed by atoms with Gasteiger partial charge < -0.3 is 15.3 Å². The highest BCUT2D eigenvalue weighted by Gasteiger charge is 2.32. The topological polar surface area (TPSA) is 86.7 Å². The van der Waals surface area contributed by atoms with Gasteiger partial charge in [0.2, 0.25) is 11.8 Å². The van der Waals surface area contributed by atoms with Crippen LogP contribution in [-0.2, 0) is 22.6 Å². The zero-order valence-electron chi connectivity index (χ0n) is 14.2. The Bertz CT molecular complexity index is 820. The first-order valence-electron chi connectivity index (χ1n) is 8.48. The number of hydrogen-bond donors (Lipinski definition) is 2. The number of aromatic carboxylic acids is 1. The van der Waals surface area contributed by atoms with Crippen LogP contribution in [0.5, 0.6) is 0 Å². The summed E-state index contributed by atoms with van der Waals surface area (Å²) in [6.45, 7) is 1.11. The molecule has 1 unspecified atom stereocenters. The van der Waals surface area contributed by atoms with Gasteiger partial charge in [-0.1, -0.05) is 48.5 Å². The van der Waals surface area contributed by atoms with E-state index in [1.54, 1.807) is 23.1 Å². The highest BCUT2D eigenvalue weighted by Crippen LogP contribution is 2.16. The first-order chi connectivity index (χ1) is 12.5. The number of carbonyl (C=O) groups is 3. The largest absolute Gasteiger partial charge is 0.478 e. The summed E-state index contributed by atoms with van der Waals surface area (Å²) in [6.07, 6.45) is 0.489. The molecule has 26 heavy (non-hydrogen) atoms. The van der Waals surface area contributed by atoms with Crippen molar-refractivity contribution in [2.75, 3.05) is 6.54 Å². The van der Waals surface area contributed by atoms with Crippen LogP contribution in [0.3, 0.4) is 0 Å². The average molecular weight is 352 g/mol. The minimum Gasteiger partial charge on any atom is -0.478 e. The second kappa shape index (κ2) is 7.82. The maximum Gasteiger partial charge on any atom is 0.335 e. The highest BCUT2D eigenvalue weighted by atomic mass is 16.4. The van der Waals surface area contributed by atoms with Gasteiger partial charge in [0.05, 0.1) is 12.0 Å². The third-order valence-corrected chi connectivity index (χ3v) is 4.45. The fraction of sp³-hybridized carbons (Fsp3) is 0.250. The number of rotatable bonds is 6. The summed E-state index contributed by atoms with van der Waals surface area (Å²) in [6, 6.07) is 15.5. The summed E-state index contributed by atoms with van der Waals surface area (Å²) >= 11 is 0. The van der Waals surface area contributed by atoms with Crippen molar-refractivity contribution < 1.29 is 19.5 Å². The van der Waals surface area contributed by atoms with E-state index >= 15 is 0 Å². The summed E-state index contributed by atoms with van der Waals surface area (Å²) in [5.41, 5.74) is 1.58. The lowest BCUT2D eigenvalue weighted by atomic mass is 10.0. The highest BCUT2D eigenvalue weighted by molar-refractivity contribution is 5.93. The fourth-order valence-corrected chi connectivity index (χ4v) is 3.14. The third kappa shape index (κ3) is 4.08. The van der Waals surface area contributed by atoms with Crippen LogP contribution in [0.2, 0.25) is 0 Å². The number of carbonyl (C=O) groups excluding carboxylic acids is 2. The van der Waals surface area contributed by atoms with Gasteiger partial charge in [-0.05, 0) is 23.6 Å². The van der Waals surface area contributed by atoms with E-state index in [0.717, 1.165) is 5.56 Å². The summed E-state index contributed by atoms with van der Waals surface area (Å²) in [4.78, 5) is 37.7. The number of nitrogens with one attached hydrogen (secondary N) is 1. The van der Waals surface area contributed by atoms with E-state index in [4.69, 9.17) is 0 Å². The summed E-state index contributed by atoms with van der Waals surface area (Å²) in [5.74, 6) is -1.52. The molecule has 1 aliphatic heterocycles. The molecule has 0 bridgehead atoms. The van der Waals surface area contributed by atoms with Crippen LogP contribution in [0.4, 0.5) is 0 Å². The standard InChI is InChI=1S/C20H20N2O4/c23-18(12-15-8-4-5-9-16(15)20(25)26)21-17-10-11-22(19(17)24)13-14-6-2-1-3-7-14/h1-9,17H,10-13H2,(H,21,23)(H,25,26). The lowest BCUT2D eigenvalue weighted by molar-refractivity contribution is -0.132. The number of nitrogens with zero attached hydrogens (tertiary/aromatic N) is 1. The Labute approximate surface area is 151 Å². The van der Waals surface area contributed by atoms with Gasteiger partial charge in [-0.25, -0.2) is 4.79 Å². The average Bonchev–Trinajstić information content (AvgIpc) is 2.96. The van der Waals surface area contributed by atoms with Crippen molar-refractivity contribution >= 4 is 17.8 Å². The molecule has 1 atom stereocenters. The maximum absolute atomic E-state index is 12.5. The van der Waals surface area contributed by atoms with Crippen LogP contribution in [0.1, 0.15) is 27.9 Å². The molecule has 2 aromatic carbocycles. The van der Waals surface area contributed by atoms with E-state index in [9.17, 15) is 19.5 Å². The van der Waals surface area contributed by atoms with Crippen molar-refractivity contribution in [1.82, 2.24) is 10.2 Å². The van der Waals surface area contributed by atoms with E-state index in [0.29, 0.717) is 25.1 Å². The molecule has 1 fully saturated rings. The van der Waals surface area contributed by atoms with Crippen LogP contribution in [0, 0.1) is 0 Å². The zero-order chi connectivity index (χ0) is 18.5. The second-order valence-corrected chi connectivity index (χ2v) is 6.29. The van der Waals surface area contributed by atoms with Crippen LogP contribution >= 0.6 is 0 Å². The van der Waals surface area contributed by atoms with Crippen LogP contribution in [0.15, 0.2) is 54.6 Å². The molecule has 1 heterocycles. The Morgan fingerprint density at radius 1 is 1.08 bits per heavy atom. The van der Waals surface area contributed by atoms with Gasteiger partial charge >= 0.3 is 5.97 Å². The normalized spacial score (nSPS) is 16.5. The smallest absolute Gasteiger partial charge is 0.335 e. The Hall–Kier alpha value is -3.15. The Kier molecular flexibility index (Phi) is 5.31. The Morgan fingerprint density at radius 2 is 1.77 bits per heavy atom. The summed E-state index contributed by atoms with van der Waals surface area (Å²) in [5, 5.41) is 11.9. The lowest BCUT2D eigenvalue weighted by Gasteiger charge is -2.17. The van der Waals surface area contributed by atoms with Gasteiger partial charge in [0.25, 0.3) is 0 Å². The number of likely N-dealkylation sites (tertiary alicyclic amines) is 1. The molecule has 3 rings (SSSR count). The predicted octanol–water partition coefficient (Wildman–Crippen LogP) is 1.84. The van der Waals surface area contributed by atoms with Crippen molar-refractivity contribution in [3.63, 3.8) is 0 Å². The van der Waals surface area contributed by atoms with Crippen molar-refractivity contribution in [1.29, 1.82) is 0 Å². The molecule has 6 heteroatoms. The third-order valence-electron chi connectivity index (χ3n) is 4.45. The minimum absolute atomic E-state index is 0.0645. The minimum atomic E-state index is -1.07. The number of hydrogen-bond acceptors (Lipinski definition) is 3. The monoisotopic (exact) mass is 352 g/mol. The number of amides is 2. The maximum atomic E-state index is 12.5. The van der Waals surface area contributed by atoms with Crippen LogP contribution in [0.25, 0.3) is 0 Å². The molecule has 2 aromatic rings. The zero-order valence-corrected chi connectivity index (χ0v) is 14.2. The van der Waals surface area contributed by atoms with E-state index in [1.807, 2.05) is 30.3 Å². The Balaban J connectivity index is 1.59. The molecule has 0 aliphatic carbocycles. The van der Waals surface area contributed by atoms with Crippen molar-refractivity contribution in [3.05, 3.63) is 71.3 Å². The SMILES string of the molecule is O=C(Cc1ccccc1C(=O)O)NC1CCN(Cc2ccccc2)C1=O. The molecule has 0 saturated carbocycles. The summed E-state index contributed by atoms with van der Waals surface area (Å²) in [7, 11) is 0. The van der Waals surface area contributed by atoms with Gasteiger partial charge in [0.15, 0.2) is 0 Å². The lowest BCUT2D eigenvalue weighted by Crippen LogP contribution is -2.42. The van der Waals surface area contributed by atoms with Crippen molar-refractivity contribution in [2.24, 2.45) is 0 Å². The second-order valence-electron chi connectivity index (χ2n) is 6.29. The van der Waals surface area contributed by atoms with E-state index in [1.165, 1.54) is 6.07 Å². The molecule has 1 aliphatic rings. The molecule has 0 radical (unpaired) electrons. The summed E-state index contributed by atoms with van der Waals surface area (Å²) < 4.78 is 0. The van der Waals surface area contributed by atoms with Crippen LogP contribution < -0.4 is 5.32 Å². The number of benzene rings is 2. The molecular formula is C20H20N2O4. The van der Waals surface area contributed by atoms with Crippen molar-refractivity contribution in [3.8, 4) is 0 Å². The molecule has 6 nitrogen and oxygen atoms in total. The van der Waals surface area contributed by atoms with E-state index in [-0.39, 0.29) is 23.8 Å². The fourth-order valence-electron chi connectivity index (χ4n) is 3.14. The molecule has 134 valence electrons. The molecule has 0 spiro atoms. The molecule has 0 aromatic heterocycles. The van der Waals surface area contributed by atoms with Crippen molar-refractivity contribution in [2.45, 2.75) is 25.4 Å². The van der Waals surface area contributed by atoms with Crippen LogP contribution in [-0.4, -0.2) is 40.4 Å². The number of carboxylic acid groups (broad SMARTS) is 1. The van der Waals surface area contributed by atoms with E-state index in [2.05, 4.69) is 5.32 Å². The van der Waals surface area contributed by atoms with Gasteiger partial charge in [-0.15, -0.1) is 0 Å².